The molecule has 1 aliphatic carbocycles. The van der Waals surface area contributed by atoms with Gasteiger partial charge >= 0.3 is 6.16 Å². The largest absolute Gasteiger partial charge is 0.516 e. The van der Waals surface area contributed by atoms with Crippen LogP contribution in [0.15, 0.2) is 22.8 Å². The standard InChI is InChI=1S/C15H22O4/c1-10(2)12-7-6-11(3)9-13(12)18-15(16)19-14-5-4-8-17-14/h4-5,8,10-13H,6-7,9H2,1-3H3/t11-,12+,13-/m1/s1. The lowest BCUT2D eigenvalue weighted by Crippen LogP contribution is -2.36. The van der Waals surface area contributed by atoms with Crippen LogP contribution in [0, 0.1) is 17.8 Å². The summed E-state index contributed by atoms with van der Waals surface area (Å²) < 4.78 is 15.4. The summed E-state index contributed by atoms with van der Waals surface area (Å²) in [5, 5.41) is 0. The number of ether oxygens (including phenoxy) is 2. The maximum Gasteiger partial charge on any atom is 0.516 e. The van der Waals surface area contributed by atoms with Crippen molar-refractivity contribution >= 4 is 6.16 Å². The van der Waals surface area contributed by atoms with E-state index < -0.39 is 6.16 Å². The highest BCUT2D eigenvalue weighted by molar-refractivity contribution is 5.63. The van der Waals surface area contributed by atoms with Crippen molar-refractivity contribution < 1.29 is 18.7 Å². The molecule has 0 amide bonds. The smallest absolute Gasteiger partial charge is 0.434 e. The zero-order valence-electron chi connectivity index (χ0n) is 11.8. The molecule has 0 spiro atoms. The summed E-state index contributed by atoms with van der Waals surface area (Å²) in [7, 11) is 0. The van der Waals surface area contributed by atoms with Crippen LogP contribution in [-0.2, 0) is 4.74 Å². The van der Waals surface area contributed by atoms with E-state index in [2.05, 4.69) is 20.8 Å². The fourth-order valence-corrected chi connectivity index (χ4v) is 2.80. The lowest BCUT2D eigenvalue weighted by Gasteiger charge is -2.36. The quantitative estimate of drug-likeness (QED) is 0.767. The monoisotopic (exact) mass is 266 g/mol. The molecule has 4 nitrogen and oxygen atoms in total. The van der Waals surface area contributed by atoms with Gasteiger partial charge in [0.1, 0.15) is 6.10 Å². The van der Waals surface area contributed by atoms with E-state index in [9.17, 15) is 4.79 Å². The fraction of sp³-hybridized carbons (Fsp3) is 0.667. The summed E-state index contributed by atoms with van der Waals surface area (Å²) in [6.07, 6.45) is 3.97. The molecule has 0 N–H and O–H groups in total. The van der Waals surface area contributed by atoms with Gasteiger partial charge in [0.2, 0.25) is 0 Å². The Balaban J connectivity index is 1.92. The first-order valence-corrected chi connectivity index (χ1v) is 6.98. The van der Waals surface area contributed by atoms with Gasteiger partial charge in [-0.3, -0.25) is 0 Å². The van der Waals surface area contributed by atoms with Crippen LogP contribution in [0.1, 0.15) is 40.0 Å². The number of furan rings is 1. The third-order valence-electron chi connectivity index (χ3n) is 3.89. The summed E-state index contributed by atoms with van der Waals surface area (Å²) in [6, 6.07) is 3.26. The molecule has 1 aromatic rings. The number of carbonyl (C=O) groups is 1. The molecule has 0 aromatic carbocycles. The summed E-state index contributed by atoms with van der Waals surface area (Å²) in [4.78, 5) is 11.7. The third-order valence-corrected chi connectivity index (χ3v) is 3.89. The maximum atomic E-state index is 11.7. The minimum absolute atomic E-state index is 0.0498. The summed E-state index contributed by atoms with van der Waals surface area (Å²) in [6.45, 7) is 6.55. The normalized spacial score (nSPS) is 27.3. The van der Waals surface area contributed by atoms with Crippen molar-refractivity contribution in [1.29, 1.82) is 0 Å². The number of carbonyl (C=O) groups excluding carboxylic acids is 1. The van der Waals surface area contributed by atoms with Gasteiger partial charge in [-0.2, -0.15) is 0 Å². The molecule has 0 bridgehead atoms. The summed E-state index contributed by atoms with van der Waals surface area (Å²) in [5.41, 5.74) is 0. The molecule has 1 aliphatic rings. The molecule has 1 fully saturated rings. The topological polar surface area (TPSA) is 48.7 Å². The van der Waals surface area contributed by atoms with E-state index in [0.29, 0.717) is 17.8 Å². The Labute approximate surface area is 114 Å². The van der Waals surface area contributed by atoms with Gasteiger partial charge in [-0.25, -0.2) is 4.79 Å². The van der Waals surface area contributed by atoms with Crippen LogP contribution in [0.5, 0.6) is 5.95 Å². The molecule has 2 rings (SSSR count). The van der Waals surface area contributed by atoms with Crippen LogP contribution >= 0.6 is 0 Å². The second kappa shape index (κ2) is 6.13. The Morgan fingerprint density at radius 1 is 1.42 bits per heavy atom. The lowest BCUT2D eigenvalue weighted by molar-refractivity contribution is -0.0164. The molecular weight excluding hydrogens is 244 g/mol. The number of hydrogen-bond acceptors (Lipinski definition) is 4. The predicted molar refractivity (Wildman–Crippen MR) is 70.9 cm³/mol. The lowest BCUT2D eigenvalue weighted by atomic mass is 9.75. The van der Waals surface area contributed by atoms with E-state index in [-0.39, 0.29) is 12.1 Å². The van der Waals surface area contributed by atoms with Gasteiger partial charge in [-0.05, 0) is 36.7 Å². The molecule has 0 aliphatic heterocycles. The maximum absolute atomic E-state index is 11.7. The van der Waals surface area contributed by atoms with Crippen molar-refractivity contribution in [2.75, 3.05) is 0 Å². The minimum atomic E-state index is -0.667. The van der Waals surface area contributed by atoms with E-state index in [1.54, 1.807) is 12.1 Å². The molecular formula is C15H22O4. The molecule has 1 saturated carbocycles. The van der Waals surface area contributed by atoms with Crippen LogP contribution in [0.3, 0.4) is 0 Å². The van der Waals surface area contributed by atoms with Gasteiger partial charge in [-0.15, -0.1) is 0 Å². The van der Waals surface area contributed by atoms with Crippen LogP contribution in [0.2, 0.25) is 0 Å². The predicted octanol–water partition coefficient (Wildman–Crippen LogP) is 4.26. The van der Waals surface area contributed by atoms with Crippen molar-refractivity contribution in [3.8, 4) is 5.95 Å². The van der Waals surface area contributed by atoms with Crippen molar-refractivity contribution in [2.24, 2.45) is 17.8 Å². The molecule has 3 atom stereocenters. The van der Waals surface area contributed by atoms with Gasteiger partial charge in [0.25, 0.3) is 5.95 Å². The van der Waals surface area contributed by atoms with Gasteiger partial charge in [-0.1, -0.05) is 27.2 Å². The van der Waals surface area contributed by atoms with Gasteiger partial charge < -0.3 is 13.9 Å². The van der Waals surface area contributed by atoms with E-state index in [1.165, 1.54) is 12.7 Å². The Morgan fingerprint density at radius 2 is 2.21 bits per heavy atom. The van der Waals surface area contributed by atoms with Crippen LogP contribution in [-0.4, -0.2) is 12.3 Å². The van der Waals surface area contributed by atoms with E-state index >= 15 is 0 Å². The molecule has 19 heavy (non-hydrogen) atoms. The third kappa shape index (κ3) is 3.75. The molecule has 0 unspecified atom stereocenters. The molecule has 106 valence electrons. The SMILES string of the molecule is CC(C)[C@@H]1CC[C@@H](C)C[C@H]1OC(=O)Oc1ccco1. The highest BCUT2D eigenvalue weighted by atomic mass is 16.8. The molecule has 1 aromatic heterocycles. The summed E-state index contributed by atoms with van der Waals surface area (Å²) in [5.74, 6) is 1.70. The Hall–Kier alpha value is -1.45. The van der Waals surface area contributed by atoms with Crippen molar-refractivity contribution in [1.82, 2.24) is 0 Å². The average Bonchev–Trinajstić information content (AvgIpc) is 2.81. The van der Waals surface area contributed by atoms with Crippen molar-refractivity contribution in [3.63, 3.8) is 0 Å². The van der Waals surface area contributed by atoms with Gasteiger partial charge in [0.05, 0.1) is 6.26 Å². The highest BCUT2D eigenvalue weighted by Gasteiger charge is 2.34. The van der Waals surface area contributed by atoms with Crippen LogP contribution in [0.4, 0.5) is 4.79 Å². The molecule has 0 saturated heterocycles. The Kier molecular flexibility index (Phi) is 4.51. The van der Waals surface area contributed by atoms with E-state index in [4.69, 9.17) is 13.9 Å². The zero-order chi connectivity index (χ0) is 13.8. The van der Waals surface area contributed by atoms with Crippen LogP contribution < -0.4 is 4.74 Å². The minimum Gasteiger partial charge on any atom is -0.434 e. The first-order chi connectivity index (χ1) is 9.06. The first-order valence-electron chi connectivity index (χ1n) is 6.98. The number of rotatable bonds is 3. The van der Waals surface area contributed by atoms with Gasteiger partial charge in [0, 0.05) is 6.07 Å². The first kappa shape index (κ1) is 14.0. The average molecular weight is 266 g/mol. The fourth-order valence-electron chi connectivity index (χ4n) is 2.80. The van der Waals surface area contributed by atoms with Crippen LogP contribution in [0.25, 0.3) is 0 Å². The Bertz CT molecular complexity index is 396. The van der Waals surface area contributed by atoms with Crippen molar-refractivity contribution in [3.05, 3.63) is 18.4 Å². The van der Waals surface area contributed by atoms with Gasteiger partial charge in [0.15, 0.2) is 0 Å². The zero-order valence-corrected chi connectivity index (χ0v) is 11.8. The molecule has 1 heterocycles. The Morgan fingerprint density at radius 3 is 2.84 bits per heavy atom. The van der Waals surface area contributed by atoms with E-state index in [1.807, 2.05) is 0 Å². The number of hydrogen-bond donors (Lipinski definition) is 0. The second-order valence-corrected chi connectivity index (χ2v) is 5.77. The highest BCUT2D eigenvalue weighted by Crippen LogP contribution is 2.35. The molecule has 4 heteroatoms. The second-order valence-electron chi connectivity index (χ2n) is 5.77. The van der Waals surface area contributed by atoms with E-state index in [0.717, 1.165) is 12.8 Å². The summed E-state index contributed by atoms with van der Waals surface area (Å²) >= 11 is 0. The molecule has 0 radical (unpaired) electrons. The van der Waals surface area contributed by atoms with Crippen molar-refractivity contribution in [2.45, 2.75) is 46.1 Å².